The van der Waals surface area contributed by atoms with Crippen molar-refractivity contribution in [3.05, 3.63) is 35.4 Å². The third kappa shape index (κ3) is 1.60. The summed E-state index contributed by atoms with van der Waals surface area (Å²) in [4.78, 5) is 0. The maximum absolute atomic E-state index is 9.73. The van der Waals surface area contributed by atoms with Gasteiger partial charge >= 0.3 is 0 Å². The highest BCUT2D eigenvalue weighted by Crippen LogP contribution is 2.27. The number of benzene rings is 1. The van der Waals surface area contributed by atoms with E-state index < -0.39 is 0 Å². The van der Waals surface area contributed by atoms with E-state index in [4.69, 9.17) is 4.74 Å². The average molecular weight is 190 g/mol. The number of hydrogen-bond donors (Lipinski definition) is 1. The lowest BCUT2D eigenvalue weighted by molar-refractivity contribution is 0.414. The first-order valence-electron chi connectivity index (χ1n) is 4.87. The minimum absolute atomic E-state index is 0.403. The summed E-state index contributed by atoms with van der Waals surface area (Å²) in [6, 6.07) is 5.81. The molecule has 0 unspecified atom stereocenters. The zero-order valence-corrected chi connectivity index (χ0v) is 8.29. The molecule has 14 heavy (non-hydrogen) atoms. The number of hydrogen-bond acceptors (Lipinski definition) is 2. The van der Waals surface area contributed by atoms with Crippen molar-refractivity contribution < 1.29 is 9.84 Å². The largest absolute Gasteiger partial charge is 0.508 e. The molecule has 0 amide bonds. The quantitative estimate of drug-likeness (QED) is 0.737. The van der Waals surface area contributed by atoms with E-state index in [0.29, 0.717) is 5.76 Å². The Morgan fingerprint density at radius 3 is 3.00 bits per heavy atom. The summed E-state index contributed by atoms with van der Waals surface area (Å²) in [5, 5.41) is 9.73. The van der Waals surface area contributed by atoms with Crippen molar-refractivity contribution in [1.29, 1.82) is 0 Å². The van der Waals surface area contributed by atoms with Crippen LogP contribution in [0.1, 0.15) is 24.0 Å². The minimum Gasteiger partial charge on any atom is -0.508 e. The smallest absolute Gasteiger partial charge is 0.119 e. The molecule has 0 heterocycles. The molecule has 0 aromatic heterocycles. The number of aliphatic hydroxyl groups excluding tert-OH is 1. The molecule has 1 aliphatic rings. The number of methoxy groups -OCH3 is 1. The van der Waals surface area contributed by atoms with Gasteiger partial charge in [-0.3, -0.25) is 0 Å². The molecule has 0 spiro atoms. The zero-order valence-electron chi connectivity index (χ0n) is 8.29. The molecule has 2 rings (SSSR count). The fraction of sp³-hybridized carbons (Fsp3) is 0.333. The average Bonchev–Trinajstić information content (AvgIpc) is 2.40. The third-order valence-corrected chi connectivity index (χ3v) is 2.58. The molecule has 74 valence electrons. The topological polar surface area (TPSA) is 29.5 Å². The van der Waals surface area contributed by atoms with E-state index in [-0.39, 0.29) is 0 Å². The number of aliphatic hydroxyl groups is 1. The molecule has 0 saturated heterocycles. The van der Waals surface area contributed by atoms with E-state index in [9.17, 15) is 5.11 Å². The molecule has 0 radical (unpaired) electrons. The maximum atomic E-state index is 9.73. The molecule has 1 N–H and O–H groups in total. The molecule has 0 atom stereocenters. The van der Waals surface area contributed by atoms with E-state index in [2.05, 4.69) is 0 Å². The van der Waals surface area contributed by atoms with Gasteiger partial charge < -0.3 is 9.84 Å². The first-order valence-corrected chi connectivity index (χ1v) is 4.87. The van der Waals surface area contributed by atoms with Gasteiger partial charge in [0.15, 0.2) is 0 Å². The molecule has 1 aliphatic carbocycles. The Balaban J connectivity index is 2.46. The van der Waals surface area contributed by atoms with Gasteiger partial charge in [-0.1, -0.05) is 0 Å². The summed E-state index contributed by atoms with van der Waals surface area (Å²) in [5.41, 5.74) is 2.12. The van der Waals surface area contributed by atoms with E-state index in [1.807, 2.05) is 24.3 Å². The predicted octanol–water partition coefficient (Wildman–Crippen LogP) is 2.93. The molecule has 1 aromatic rings. The Labute approximate surface area is 83.8 Å². The summed E-state index contributed by atoms with van der Waals surface area (Å²) in [6.07, 6.45) is 4.93. The summed E-state index contributed by atoms with van der Waals surface area (Å²) in [7, 11) is 1.66. The van der Waals surface area contributed by atoms with Crippen molar-refractivity contribution in [3.63, 3.8) is 0 Å². The van der Waals surface area contributed by atoms with Crippen LogP contribution in [0.25, 0.3) is 5.76 Å². The monoisotopic (exact) mass is 190 g/mol. The number of rotatable bonds is 1. The van der Waals surface area contributed by atoms with Gasteiger partial charge in [-0.25, -0.2) is 0 Å². The highest BCUT2D eigenvalue weighted by atomic mass is 16.5. The highest BCUT2D eigenvalue weighted by Gasteiger charge is 2.10. The lowest BCUT2D eigenvalue weighted by Gasteiger charge is -2.08. The standard InChI is InChI=1S/C12H14O2/c1-14-10-6-7-11-9(8-10)4-2-3-5-12(11)13/h5-8,13H,2-4H2,1H3. The van der Waals surface area contributed by atoms with Crippen LogP contribution in [0.4, 0.5) is 0 Å². The van der Waals surface area contributed by atoms with Crippen LogP contribution in [0.3, 0.4) is 0 Å². The number of ether oxygens (including phenoxy) is 1. The number of aryl methyl sites for hydroxylation is 1. The van der Waals surface area contributed by atoms with Crippen LogP contribution < -0.4 is 4.74 Å². The van der Waals surface area contributed by atoms with E-state index in [1.165, 1.54) is 5.56 Å². The molecule has 1 aromatic carbocycles. The Morgan fingerprint density at radius 1 is 1.36 bits per heavy atom. The van der Waals surface area contributed by atoms with Crippen LogP contribution in [0.15, 0.2) is 24.3 Å². The first kappa shape index (κ1) is 9.13. The van der Waals surface area contributed by atoms with Gasteiger partial charge in [0.25, 0.3) is 0 Å². The number of allylic oxidation sites excluding steroid dienone is 1. The Kier molecular flexibility index (Phi) is 2.44. The van der Waals surface area contributed by atoms with Crippen molar-refractivity contribution in [2.24, 2.45) is 0 Å². The van der Waals surface area contributed by atoms with Gasteiger partial charge in [0.1, 0.15) is 11.5 Å². The Bertz CT molecular complexity index is 367. The van der Waals surface area contributed by atoms with Gasteiger partial charge in [0, 0.05) is 5.56 Å². The van der Waals surface area contributed by atoms with Crippen molar-refractivity contribution >= 4 is 5.76 Å². The van der Waals surface area contributed by atoms with Crippen molar-refractivity contribution in [1.82, 2.24) is 0 Å². The highest BCUT2D eigenvalue weighted by molar-refractivity contribution is 5.63. The van der Waals surface area contributed by atoms with Crippen LogP contribution in [0, 0.1) is 0 Å². The second kappa shape index (κ2) is 3.74. The van der Waals surface area contributed by atoms with E-state index in [0.717, 1.165) is 30.6 Å². The molecule has 0 saturated carbocycles. The van der Waals surface area contributed by atoms with Crippen molar-refractivity contribution in [2.45, 2.75) is 19.3 Å². The third-order valence-electron chi connectivity index (χ3n) is 2.58. The predicted molar refractivity (Wildman–Crippen MR) is 56.5 cm³/mol. The fourth-order valence-electron chi connectivity index (χ4n) is 1.80. The van der Waals surface area contributed by atoms with Gasteiger partial charge in [0.05, 0.1) is 7.11 Å². The number of fused-ring (bicyclic) bond motifs is 1. The second-order valence-electron chi connectivity index (χ2n) is 3.50. The summed E-state index contributed by atoms with van der Waals surface area (Å²) >= 11 is 0. The molecule has 0 aliphatic heterocycles. The SMILES string of the molecule is COc1ccc2c(c1)CCCC=C2O. The van der Waals surface area contributed by atoms with Crippen LogP contribution in [0.2, 0.25) is 0 Å². The molecule has 2 heteroatoms. The lowest BCUT2D eigenvalue weighted by atomic mass is 10.0. The van der Waals surface area contributed by atoms with Gasteiger partial charge in [-0.15, -0.1) is 0 Å². The second-order valence-corrected chi connectivity index (χ2v) is 3.50. The van der Waals surface area contributed by atoms with Crippen LogP contribution >= 0.6 is 0 Å². The maximum Gasteiger partial charge on any atom is 0.119 e. The minimum atomic E-state index is 0.403. The van der Waals surface area contributed by atoms with Gasteiger partial charge in [-0.2, -0.15) is 0 Å². The van der Waals surface area contributed by atoms with Crippen molar-refractivity contribution in [2.75, 3.05) is 7.11 Å². The molecular weight excluding hydrogens is 176 g/mol. The van der Waals surface area contributed by atoms with Crippen molar-refractivity contribution in [3.8, 4) is 5.75 Å². The molecule has 0 fully saturated rings. The van der Waals surface area contributed by atoms with Gasteiger partial charge in [-0.05, 0) is 49.1 Å². The molecule has 0 bridgehead atoms. The van der Waals surface area contributed by atoms with Crippen LogP contribution in [-0.4, -0.2) is 12.2 Å². The summed E-state index contributed by atoms with van der Waals surface area (Å²) in [5.74, 6) is 1.26. The van der Waals surface area contributed by atoms with Crippen LogP contribution in [-0.2, 0) is 6.42 Å². The normalized spacial score (nSPS) is 15.4. The van der Waals surface area contributed by atoms with E-state index in [1.54, 1.807) is 7.11 Å². The Morgan fingerprint density at radius 2 is 2.21 bits per heavy atom. The zero-order chi connectivity index (χ0) is 9.97. The van der Waals surface area contributed by atoms with Crippen LogP contribution in [0.5, 0.6) is 5.75 Å². The summed E-state index contributed by atoms with van der Waals surface area (Å²) < 4.78 is 5.16. The molecular formula is C12H14O2. The molecule has 2 nitrogen and oxygen atoms in total. The first-order chi connectivity index (χ1) is 6.81. The lowest BCUT2D eigenvalue weighted by Crippen LogP contribution is -1.93. The Hall–Kier alpha value is -1.44. The van der Waals surface area contributed by atoms with Gasteiger partial charge in [0.2, 0.25) is 0 Å². The van der Waals surface area contributed by atoms with E-state index >= 15 is 0 Å². The summed E-state index contributed by atoms with van der Waals surface area (Å²) in [6.45, 7) is 0. The fourth-order valence-corrected chi connectivity index (χ4v) is 1.80.